The smallest absolute Gasteiger partial charge is 0.261 e. The van der Waals surface area contributed by atoms with E-state index in [2.05, 4.69) is 16.1 Å². The molecule has 10 heteroatoms. The summed E-state index contributed by atoms with van der Waals surface area (Å²) in [5.74, 6) is -2.80. The molecule has 0 spiro atoms. The van der Waals surface area contributed by atoms with E-state index in [1.807, 2.05) is 30.9 Å². The van der Waals surface area contributed by atoms with Crippen molar-refractivity contribution in [1.82, 2.24) is 24.3 Å². The standard InChI is InChI=1S/C29H34F2N6O2/c1-4-24(38)36-11-6-5-7-21(16-36)37-26-18(2)13-20(15-35-12-9-29(30,31)17-35)14-23(26)34-28(37)25-19(3)33-10-8-22(25)27(32)39/h4,8,10,13-14,21H,1,5-7,9,11-12,15-17H2,2-3H3,(H2,32,39). The summed E-state index contributed by atoms with van der Waals surface area (Å²) in [5, 5.41) is 0. The maximum Gasteiger partial charge on any atom is 0.261 e. The molecule has 1 unspecified atom stereocenters. The Morgan fingerprint density at radius 1 is 1.23 bits per heavy atom. The van der Waals surface area contributed by atoms with Gasteiger partial charge in [-0.25, -0.2) is 13.8 Å². The molecule has 1 atom stereocenters. The van der Waals surface area contributed by atoms with Gasteiger partial charge in [-0.3, -0.25) is 19.5 Å². The van der Waals surface area contributed by atoms with Crippen LogP contribution in [0.5, 0.6) is 0 Å². The highest BCUT2D eigenvalue weighted by Crippen LogP contribution is 2.37. The first kappa shape index (κ1) is 26.9. The van der Waals surface area contributed by atoms with Crippen LogP contribution in [0.15, 0.2) is 37.1 Å². The Kier molecular flexibility index (Phi) is 7.24. The molecule has 2 amide bonds. The Labute approximate surface area is 226 Å². The summed E-state index contributed by atoms with van der Waals surface area (Å²) in [7, 11) is 0. The van der Waals surface area contributed by atoms with Crippen LogP contribution in [0.1, 0.15) is 58.9 Å². The van der Waals surface area contributed by atoms with Crippen LogP contribution in [-0.4, -0.2) is 68.3 Å². The molecule has 2 aromatic heterocycles. The molecule has 2 fully saturated rings. The van der Waals surface area contributed by atoms with Crippen LogP contribution in [0.4, 0.5) is 8.78 Å². The van der Waals surface area contributed by atoms with Crippen molar-refractivity contribution in [3.05, 3.63) is 59.4 Å². The quantitative estimate of drug-likeness (QED) is 0.471. The van der Waals surface area contributed by atoms with Gasteiger partial charge >= 0.3 is 0 Å². The topological polar surface area (TPSA) is 97.4 Å². The fraction of sp³-hybridized carbons (Fsp3) is 0.448. The summed E-state index contributed by atoms with van der Waals surface area (Å²) in [5.41, 5.74) is 10.7. The molecule has 2 aliphatic heterocycles. The predicted molar refractivity (Wildman–Crippen MR) is 145 cm³/mol. The molecule has 0 bridgehead atoms. The maximum atomic E-state index is 13.8. The minimum Gasteiger partial charge on any atom is -0.366 e. The number of alkyl halides is 2. The van der Waals surface area contributed by atoms with E-state index in [0.29, 0.717) is 54.3 Å². The third-order valence-corrected chi connectivity index (χ3v) is 7.82. The predicted octanol–water partition coefficient (Wildman–Crippen LogP) is 4.39. The number of hydrogen-bond donors (Lipinski definition) is 1. The van der Waals surface area contributed by atoms with E-state index in [9.17, 15) is 18.4 Å². The second kappa shape index (κ2) is 10.5. The molecule has 0 aliphatic carbocycles. The Bertz CT molecular complexity index is 1450. The molecule has 1 aromatic carbocycles. The van der Waals surface area contributed by atoms with Crippen LogP contribution in [-0.2, 0) is 11.3 Å². The molecule has 3 aromatic rings. The van der Waals surface area contributed by atoms with Gasteiger partial charge in [0, 0.05) is 44.5 Å². The fourth-order valence-corrected chi connectivity index (χ4v) is 6.04. The average Bonchev–Trinajstić information content (AvgIpc) is 3.32. The van der Waals surface area contributed by atoms with Crippen molar-refractivity contribution in [2.24, 2.45) is 5.73 Å². The number of hydrogen-bond acceptors (Lipinski definition) is 5. The van der Waals surface area contributed by atoms with Crippen LogP contribution >= 0.6 is 0 Å². The zero-order valence-electron chi connectivity index (χ0n) is 22.4. The Hall–Kier alpha value is -3.66. The highest BCUT2D eigenvalue weighted by Gasteiger charge is 2.38. The third-order valence-electron chi connectivity index (χ3n) is 7.82. The second-order valence-electron chi connectivity index (χ2n) is 10.7. The van der Waals surface area contributed by atoms with Crippen molar-refractivity contribution < 1.29 is 18.4 Å². The molecule has 4 heterocycles. The summed E-state index contributed by atoms with van der Waals surface area (Å²) < 4.78 is 29.8. The third kappa shape index (κ3) is 5.30. The van der Waals surface area contributed by atoms with Gasteiger partial charge in [0.2, 0.25) is 11.8 Å². The first-order valence-corrected chi connectivity index (χ1v) is 13.4. The Morgan fingerprint density at radius 3 is 2.72 bits per heavy atom. The van der Waals surface area contributed by atoms with E-state index >= 15 is 0 Å². The van der Waals surface area contributed by atoms with Gasteiger partial charge in [0.15, 0.2) is 0 Å². The van der Waals surface area contributed by atoms with Crippen LogP contribution < -0.4 is 5.73 Å². The monoisotopic (exact) mass is 536 g/mol. The number of halogens is 2. The zero-order chi connectivity index (χ0) is 27.9. The molecule has 0 saturated carbocycles. The first-order valence-electron chi connectivity index (χ1n) is 13.4. The highest BCUT2D eigenvalue weighted by atomic mass is 19.3. The Morgan fingerprint density at radius 2 is 2.03 bits per heavy atom. The molecule has 0 radical (unpaired) electrons. The molecular weight excluding hydrogens is 502 g/mol. The first-order chi connectivity index (χ1) is 18.6. The molecule has 5 rings (SSSR count). The van der Waals surface area contributed by atoms with Gasteiger partial charge in [0.1, 0.15) is 5.82 Å². The van der Waals surface area contributed by atoms with Gasteiger partial charge in [-0.15, -0.1) is 0 Å². The van der Waals surface area contributed by atoms with Crippen molar-refractivity contribution in [2.45, 2.75) is 58.0 Å². The summed E-state index contributed by atoms with van der Waals surface area (Å²) in [6.45, 7) is 9.08. The lowest BCUT2D eigenvalue weighted by molar-refractivity contribution is -0.126. The van der Waals surface area contributed by atoms with E-state index in [0.717, 1.165) is 35.9 Å². The number of benzene rings is 1. The maximum absolute atomic E-state index is 13.8. The van der Waals surface area contributed by atoms with Crippen molar-refractivity contribution >= 4 is 22.8 Å². The molecule has 2 N–H and O–H groups in total. The Balaban J connectivity index is 1.68. The number of rotatable bonds is 6. The van der Waals surface area contributed by atoms with Gasteiger partial charge < -0.3 is 15.2 Å². The minimum absolute atomic E-state index is 0.112. The SMILES string of the molecule is C=CC(=O)N1CCCCC(n2c(-c3c(C(N)=O)ccnc3C)nc3cc(CN4CCC(F)(F)C4)cc(C)c32)C1. The number of amides is 2. The molecule has 2 aliphatic rings. The van der Waals surface area contributed by atoms with Crippen LogP contribution in [0.25, 0.3) is 22.4 Å². The van der Waals surface area contributed by atoms with Crippen molar-refractivity contribution in [3.63, 3.8) is 0 Å². The van der Waals surface area contributed by atoms with Crippen molar-refractivity contribution in [1.29, 1.82) is 0 Å². The summed E-state index contributed by atoms with van der Waals surface area (Å²) >= 11 is 0. The number of likely N-dealkylation sites (tertiary alicyclic amines) is 2. The largest absolute Gasteiger partial charge is 0.366 e. The molecular formula is C29H34F2N6O2. The molecule has 206 valence electrons. The number of primary amides is 1. The number of aryl methyl sites for hydroxylation is 2. The van der Waals surface area contributed by atoms with Gasteiger partial charge in [-0.2, -0.15) is 0 Å². The number of imidazole rings is 1. The van der Waals surface area contributed by atoms with Crippen molar-refractivity contribution in [3.8, 4) is 11.4 Å². The van der Waals surface area contributed by atoms with Crippen LogP contribution in [0.3, 0.4) is 0 Å². The average molecular weight is 537 g/mol. The summed E-state index contributed by atoms with van der Waals surface area (Å²) in [6.07, 6.45) is 5.36. The summed E-state index contributed by atoms with van der Waals surface area (Å²) in [4.78, 5) is 38.1. The number of aromatic nitrogens is 3. The van der Waals surface area contributed by atoms with E-state index < -0.39 is 11.8 Å². The lowest BCUT2D eigenvalue weighted by Crippen LogP contribution is -2.34. The molecule has 8 nitrogen and oxygen atoms in total. The van der Waals surface area contributed by atoms with Gasteiger partial charge in [0.05, 0.1) is 34.7 Å². The van der Waals surface area contributed by atoms with Gasteiger partial charge in [0.25, 0.3) is 5.92 Å². The number of carbonyl (C=O) groups excluding carboxylic acids is 2. The number of nitrogens with zero attached hydrogens (tertiary/aromatic N) is 5. The normalized spacial score (nSPS) is 19.8. The van der Waals surface area contributed by atoms with E-state index in [4.69, 9.17) is 10.7 Å². The number of fused-ring (bicyclic) bond motifs is 1. The van der Waals surface area contributed by atoms with Gasteiger partial charge in [-0.1, -0.05) is 12.6 Å². The second-order valence-corrected chi connectivity index (χ2v) is 10.7. The van der Waals surface area contributed by atoms with Crippen LogP contribution in [0, 0.1) is 13.8 Å². The number of nitrogens with two attached hydrogens (primary N) is 1. The van der Waals surface area contributed by atoms with Crippen molar-refractivity contribution in [2.75, 3.05) is 26.2 Å². The van der Waals surface area contributed by atoms with E-state index in [1.54, 1.807) is 17.2 Å². The lowest BCUT2D eigenvalue weighted by atomic mass is 10.0. The minimum atomic E-state index is -2.66. The van der Waals surface area contributed by atoms with E-state index in [-0.39, 0.29) is 24.9 Å². The molecule has 39 heavy (non-hydrogen) atoms. The lowest BCUT2D eigenvalue weighted by Gasteiger charge is -2.27. The number of pyridine rings is 1. The van der Waals surface area contributed by atoms with Crippen LogP contribution in [0.2, 0.25) is 0 Å². The van der Waals surface area contributed by atoms with Gasteiger partial charge in [-0.05, 0) is 62.4 Å². The molecule has 2 saturated heterocycles. The fourth-order valence-electron chi connectivity index (χ4n) is 6.04. The summed E-state index contributed by atoms with van der Waals surface area (Å²) in [6, 6.07) is 5.45. The zero-order valence-corrected chi connectivity index (χ0v) is 22.4. The number of carbonyl (C=O) groups is 2. The van der Waals surface area contributed by atoms with E-state index in [1.165, 1.54) is 6.08 Å². The highest BCUT2D eigenvalue weighted by molar-refractivity contribution is 6.00.